The highest BCUT2D eigenvalue weighted by atomic mass is 14.8. The average Bonchev–Trinajstić information content (AvgIpc) is 2.45. The third-order valence-corrected chi connectivity index (χ3v) is 2.67. The molecule has 0 spiro atoms. The van der Waals surface area contributed by atoms with Gasteiger partial charge >= 0.3 is 0 Å². The van der Waals surface area contributed by atoms with Gasteiger partial charge in [-0.25, -0.2) is 0 Å². The third kappa shape index (κ3) is 2.24. The first-order chi connectivity index (χ1) is 6.86. The molecule has 0 bridgehead atoms. The van der Waals surface area contributed by atoms with Crippen LogP contribution in [0.15, 0.2) is 30.3 Å². The maximum atomic E-state index is 3.41. The van der Waals surface area contributed by atoms with Crippen LogP contribution in [0.3, 0.4) is 0 Å². The molecule has 1 aliphatic rings. The first-order valence-electron chi connectivity index (χ1n) is 5.33. The van der Waals surface area contributed by atoms with Gasteiger partial charge in [-0.2, -0.15) is 0 Å². The molecule has 0 radical (unpaired) electrons. The number of aryl methyl sites for hydroxylation is 1. The van der Waals surface area contributed by atoms with E-state index in [0.717, 1.165) is 25.9 Å². The Hall–Kier alpha value is -1.08. The SMILES string of the molecule is Cc1cccc(C2=CCCNCC2)c1. The molecule has 1 aromatic carbocycles. The van der Waals surface area contributed by atoms with Crippen LogP contribution in [-0.2, 0) is 0 Å². The van der Waals surface area contributed by atoms with Crippen LogP contribution in [0, 0.1) is 6.92 Å². The van der Waals surface area contributed by atoms with E-state index in [4.69, 9.17) is 0 Å². The minimum absolute atomic E-state index is 1.11. The van der Waals surface area contributed by atoms with E-state index < -0.39 is 0 Å². The van der Waals surface area contributed by atoms with Crippen LogP contribution in [0.4, 0.5) is 0 Å². The van der Waals surface area contributed by atoms with E-state index in [9.17, 15) is 0 Å². The Labute approximate surface area is 85.8 Å². The van der Waals surface area contributed by atoms with E-state index in [1.165, 1.54) is 16.7 Å². The summed E-state index contributed by atoms with van der Waals surface area (Å²) in [6.45, 7) is 4.38. The van der Waals surface area contributed by atoms with Gasteiger partial charge in [-0.05, 0) is 44.0 Å². The van der Waals surface area contributed by atoms with Crippen LogP contribution in [0.1, 0.15) is 24.0 Å². The van der Waals surface area contributed by atoms with Gasteiger partial charge in [-0.1, -0.05) is 35.9 Å². The Kier molecular flexibility index (Phi) is 3.00. The van der Waals surface area contributed by atoms with Gasteiger partial charge in [0.2, 0.25) is 0 Å². The van der Waals surface area contributed by atoms with Crippen LogP contribution < -0.4 is 5.32 Å². The predicted molar refractivity (Wildman–Crippen MR) is 61.3 cm³/mol. The molecule has 0 amide bonds. The van der Waals surface area contributed by atoms with Crippen molar-refractivity contribution in [2.75, 3.05) is 13.1 Å². The van der Waals surface area contributed by atoms with Crippen LogP contribution >= 0.6 is 0 Å². The van der Waals surface area contributed by atoms with Crippen molar-refractivity contribution in [3.8, 4) is 0 Å². The zero-order valence-corrected chi connectivity index (χ0v) is 8.72. The van der Waals surface area contributed by atoms with E-state index in [0.29, 0.717) is 0 Å². The molecule has 1 heterocycles. The quantitative estimate of drug-likeness (QED) is 0.713. The van der Waals surface area contributed by atoms with Gasteiger partial charge in [-0.15, -0.1) is 0 Å². The van der Waals surface area contributed by atoms with E-state index in [1.807, 2.05) is 0 Å². The van der Waals surface area contributed by atoms with Crippen LogP contribution in [0.2, 0.25) is 0 Å². The normalized spacial score (nSPS) is 17.4. The van der Waals surface area contributed by atoms with Crippen molar-refractivity contribution in [2.45, 2.75) is 19.8 Å². The average molecular weight is 187 g/mol. The lowest BCUT2D eigenvalue weighted by molar-refractivity contribution is 0.718. The fourth-order valence-corrected chi connectivity index (χ4v) is 1.91. The molecule has 2 rings (SSSR count). The van der Waals surface area contributed by atoms with Crippen molar-refractivity contribution >= 4 is 5.57 Å². The zero-order valence-electron chi connectivity index (χ0n) is 8.72. The van der Waals surface area contributed by atoms with Crippen LogP contribution in [-0.4, -0.2) is 13.1 Å². The summed E-state index contributed by atoms with van der Waals surface area (Å²) in [5, 5.41) is 3.41. The predicted octanol–water partition coefficient (Wildman–Crippen LogP) is 2.76. The molecule has 0 saturated heterocycles. The fourth-order valence-electron chi connectivity index (χ4n) is 1.91. The summed E-state index contributed by atoms with van der Waals surface area (Å²) in [6.07, 6.45) is 4.68. The van der Waals surface area contributed by atoms with Crippen molar-refractivity contribution in [1.29, 1.82) is 0 Å². The highest BCUT2D eigenvalue weighted by molar-refractivity contribution is 5.66. The van der Waals surface area contributed by atoms with Crippen molar-refractivity contribution < 1.29 is 0 Å². The van der Waals surface area contributed by atoms with Crippen LogP contribution in [0.25, 0.3) is 5.57 Å². The topological polar surface area (TPSA) is 12.0 Å². The minimum Gasteiger partial charge on any atom is -0.316 e. The molecule has 1 aliphatic heterocycles. The largest absolute Gasteiger partial charge is 0.316 e. The van der Waals surface area contributed by atoms with Gasteiger partial charge < -0.3 is 5.32 Å². The Balaban J connectivity index is 2.24. The number of rotatable bonds is 1. The van der Waals surface area contributed by atoms with Crippen molar-refractivity contribution in [3.05, 3.63) is 41.5 Å². The second-order valence-corrected chi connectivity index (χ2v) is 3.89. The molecule has 1 nitrogen and oxygen atoms in total. The zero-order chi connectivity index (χ0) is 9.80. The van der Waals surface area contributed by atoms with Gasteiger partial charge in [0.05, 0.1) is 0 Å². The third-order valence-electron chi connectivity index (χ3n) is 2.67. The van der Waals surface area contributed by atoms with Gasteiger partial charge in [0.1, 0.15) is 0 Å². The summed E-state index contributed by atoms with van der Waals surface area (Å²) in [5.74, 6) is 0. The molecule has 0 aliphatic carbocycles. The van der Waals surface area contributed by atoms with E-state index >= 15 is 0 Å². The minimum atomic E-state index is 1.11. The highest BCUT2D eigenvalue weighted by Crippen LogP contribution is 2.20. The Morgan fingerprint density at radius 3 is 3.00 bits per heavy atom. The van der Waals surface area contributed by atoms with Crippen molar-refractivity contribution in [3.63, 3.8) is 0 Å². The van der Waals surface area contributed by atoms with Gasteiger partial charge in [0, 0.05) is 0 Å². The molecule has 0 saturated carbocycles. The number of hydrogen-bond donors (Lipinski definition) is 1. The summed E-state index contributed by atoms with van der Waals surface area (Å²) in [4.78, 5) is 0. The summed E-state index contributed by atoms with van der Waals surface area (Å²) in [6, 6.07) is 8.78. The maximum Gasteiger partial charge on any atom is -0.000812 e. The summed E-state index contributed by atoms with van der Waals surface area (Å²) < 4.78 is 0. The molecule has 0 fully saturated rings. The van der Waals surface area contributed by atoms with E-state index in [-0.39, 0.29) is 0 Å². The smallest absolute Gasteiger partial charge is 0.000812 e. The molecule has 1 heteroatoms. The summed E-state index contributed by atoms with van der Waals surface area (Å²) in [7, 11) is 0. The second-order valence-electron chi connectivity index (χ2n) is 3.89. The highest BCUT2D eigenvalue weighted by Gasteiger charge is 2.04. The lowest BCUT2D eigenvalue weighted by Crippen LogP contribution is -2.13. The first-order valence-corrected chi connectivity index (χ1v) is 5.33. The molecule has 1 aromatic rings. The van der Waals surface area contributed by atoms with Gasteiger partial charge in [0.15, 0.2) is 0 Å². The van der Waals surface area contributed by atoms with Gasteiger partial charge in [-0.3, -0.25) is 0 Å². The Bertz CT molecular complexity index is 339. The molecule has 1 N–H and O–H groups in total. The number of benzene rings is 1. The van der Waals surface area contributed by atoms with Crippen LogP contribution in [0.5, 0.6) is 0 Å². The van der Waals surface area contributed by atoms with E-state index in [2.05, 4.69) is 42.6 Å². The Morgan fingerprint density at radius 1 is 1.21 bits per heavy atom. The second kappa shape index (κ2) is 4.43. The molecular weight excluding hydrogens is 170 g/mol. The fraction of sp³-hybridized carbons (Fsp3) is 0.385. The Morgan fingerprint density at radius 2 is 2.14 bits per heavy atom. The number of hydrogen-bond acceptors (Lipinski definition) is 1. The lowest BCUT2D eigenvalue weighted by Gasteiger charge is -2.06. The monoisotopic (exact) mass is 187 g/mol. The lowest BCUT2D eigenvalue weighted by atomic mass is 10.0. The molecule has 0 aromatic heterocycles. The summed E-state index contributed by atoms with van der Waals surface area (Å²) >= 11 is 0. The van der Waals surface area contributed by atoms with Gasteiger partial charge in [0.25, 0.3) is 0 Å². The van der Waals surface area contributed by atoms with Crippen molar-refractivity contribution in [2.24, 2.45) is 0 Å². The summed E-state index contributed by atoms with van der Waals surface area (Å²) in [5.41, 5.74) is 4.24. The van der Waals surface area contributed by atoms with Crippen molar-refractivity contribution in [1.82, 2.24) is 5.32 Å². The molecule has 0 atom stereocenters. The first kappa shape index (κ1) is 9.47. The maximum absolute atomic E-state index is 3.41. The van der Waals surface area contributed by atoms with E-state index in [1.54, 1.807) is 0 Å². The molecule has 14 heavy (non-hydrogen) atoms. The molecule has 0 unspecified atom stereocenters. The molecular formula is C13H17N. The standard InChI is InChI=1S/C13H17N/c1-11-4-2-5-13(10-11)12-6-3-8-14-9-7-12/h2,4-6,10,14H,3,7-9H2,1H3. The number of nitrogens with one attached hydrogen (secondary N) is 1. The molecule has 74 valence electrons.